The van der Waals surface area contributed by atoms with E-state index in [1.165, 1.54) is 31.2 Å². The number of nitrogens with zero attached hydrogens (tertiary/aromatic N) is 1. The molecular weight excluding hydrogens is 256 g/mol. The van der Waals surface area contributed by atoms with Gasteiger partial charge in [-0.3, -0.25) is 4.90 Å². The molecule has 0 amide bonds. The van der Waals surface area contributed by atoms with Crippen molar-refractivity contribution >= 4 is 11.6 Å². The van der Waals surface area contributed by atoms with Gasteiger partial charge in [-0.05, 0) is 43.5 Å². The van der Waals surface area contributed by atoms with Crippen molar-refractivity contribution in [3.05, 3.63) is 34.9 Å². The first-order chi connectivity index (χ1) is 9.05. The lowest BCUT2D eigenvalue weighted by Gasteiger charge is -2.46. The lowest BCUT2D eigenvalue weighted by molar-refractivity contribution is 0.0554. The average molecular weight is 281 g/mol. The molecule has 1 fully saturated rings. The highest BCUT2D eigenvalue weighted by atomic mass is 35.5. The molecule has 0 spiro atoms. The molecule has 0 heterocycles. The Kier molecular flexibility index (Phi) is 4.88. The Bertz CT molecular complexity index is 404. The van der Waals surface area contributed by atoms with Gasteiger partial charge in [0.25, 0.3) is 0 Å². The zero-order chi connectivity index (χ0) is 13.9. The topological polar surface area (TPSA) is 29.3 Å². The second kappa shape index (κ2) is 6.25. The Hall–Kier alpha value is -0.570. The number of likely N-dealkylation sites (N-methyl/N-ethyl adjacent to an activating group) is 1. The molecule has 1 aliphatic carbocycles. The number of benzene rings is 1. The molecular formula is C16H25ClN2. The Balaban J connectivity index is 2.08. The van der Waals surface area contributed by atoms with Crippen LogP contribution in [0.3, 0.4) is 0 Å². The summed E-state index contributed by atoms with van der Waals surface area (Å²) in [5.74, 6) is 0.782. The van der Waals surface area contributed by atoms with E-state index in [9.17, 15) is 0 Å². The van der Waals surface area contributed by atoms with Crippen LogP contribution >= 0.6 is 11.6 Å². The van der Waals surface area contributed by atoms with Crippen LogP contribution < -0.4 is 5.73 Å². The molecule has 3 heteroatoms. The van der Waals surface area contributed by atoms with Gasteiger partial charge < -0.3 is 5.73 Å². The summed E-state index contributed by atoms with van der Waals surface area (Å²) in [5, 5.41) is 0.797. The molecule has 1 saturated carbocycles. The molecule has 2 N–H and O–H groups in total. The third-order valence-corrected chi connectivity index (χ3v) is 4.84. The average Bonchev–Trinajstić information content (AvgIpc) is 2.41. The van der Waals surface area contributed by atoms with Crippen molar-refractivity contribution in [3.63, 3.8) is 0 Å². The number of hydrogen-bond acceptors (Lipinski definition) is 2. The lowest BCUT2D eigenvalue weighted by atomic mass is 9.75. The normalized spacial score (nSPS) is 27.7. The van der Waals surface area contributed by atoms with Crippen LogP contribution in [0, 0.1) is 5.92 Å². The highest BCUT2D eigenvalue weighted by Crippen LogP contribution is 2.36. The fourth-order valence-electron chi connectivity index (χ4n) is 3.35. The molecule has 0 radical (unpaired) electrons. The van der Waals surface area contributed by atoms with E-state index in [0.717, 1.165) is 24.0 Å². The highest BCUT2D eigenvalue weighted by molar-refractivity contribution is 6.30. The summed E-state index contributed by atoms with van der Waals surface area (Å²) < 4.78 is 0. The SMILES string of the molecule is CC1CCCC(CN)(N(C)Cc2ccc(Cl)cc2)C1. The van der Waals surface area contributed by atoms with Gasteiger partial charge in [0.1, 0.15) is 0 Å². The molecule has 0 aliphatic heterocycles. The zero-order valence-electron chi connectivity index (χ0n) is 12.0. The Morgan fingerprint density at radius 2 is 2.05 bits per heavy atom. The molecule has 106 valence electrons. The van der Waals surface area contributed by atoms with Gasteiger partial charge in [0, 0.05) is 23.7 Å². The second-order valence-corrected chi connectivity index (χ2v) is 6.55. The smallest absolute Gasteiger partial charge is 0.0406 e. The van der Waals surface area contributed by atoms with Crippen molar-refractivity contribution in [3.8, 4) is 0 Å². The molecule has 2 nitrogen and oxygen atoms in total. The van der Waals surface area contributed by atoms with Crippen molar-refractivity contribution < 1.29 is 0 Å². The molecule has 0 saturated heterocycles. The predicted molar refractivity (Wildman–Crippen MR) is 82.3 cm³/mol. The molecule has 1 aliphatic rings. The van der Waals surface area contributed by atoms with E-state index in [1.54, 1.807) is 0 Å². The van der Waals surface area contributed by atoms with Crippen molar-refractivity contribution in [2.75, 3.05) is 13.6 Å². The minimum Gasteiger partial charge on any atom is -0.329 e. The van der Waals surface area contributed by atoms with Gasteiger partial charge in [-0.1, -0.05) is 43.5 Å². The van der Waals surface area contributed by atoms with Crippen LogP contribution in [0.4, 0.5) is 0 Å². The summed E-state index contributed by atoms with van der Waals surface area (Å²) in [6.07, 6.45) is 5.07. The van der Waals surface area contributed by atoms with Gasteiger partial charge in [0.15, 0.2) is 0 Å². The molecule has 2 atom stereocenters. The predicted octanol–water partition coefficient (Wildman–Crippen LogP) is 3.68. The van der Waals surface area contributed by atoms with Crippen LogP contribution in [0.15, 0.2) is 24.3 Å². The van der Waals surface area contributed by atoms with Crippen LogP contribution in [-0.2, 0) is 6.54 Å². The van der Waals surface area contributed by atoms with E-state index in [2.05, 4.69) is 31.0 Å². The second-order valence-electron chi connectivity index (χ2n) is 6.11. The van der Waals surface area contributed by atoms with Gasteiger partial charge in [-0.25, -0.2) is 0 Å². The van der Waals surface area contributed by atoms with E-state index in [0.29, 0.717) is 0 Å². The monoisotopic (exact) mass is 280 g/mol. The summed E-state index contributed by atoms with van der Waals surface area (Å²) in [4.78, 5) is 2.45. The largest absolute Gasteiger partial charge is 0.329 e. The third kappa shape index (κ3) is 3.50. The molecule has 1 aromatic carbocycles. The Morgan fingerprint density at radius 3 is 2.63 bits per heavy atom. The maximum Gasteiger partial charge on any atom is 0.0406 e. The third-order valence-electron chi connectivity index (χ3n) is 4.59. The maximum atomic E-state index is 6.12. The van der Waals surface area contributed by atoms with Crippen molar-refractivity contribution in [1.29, 1.82) is 0 Å². The summed E-state index contributed by atoms with van der Waals surface area (Å²) in [7, 11) is 2.21. The van der Waals surface area contributed by atoms with Crippen LogP contribution in [0.1, 0.15) is 38.2 Å². The summed E-state index contributed by atoms with van der Waals surface area (Å²) >= 11 is 5.94. The lowest BCUT2D eigenvalue weighted by Crippen LogP contribution is -2.54. The quantitative estimate of drug-likeness (QED) is 0.912. The maximum absolute atomic E-state index is 6.12. The standard InChI is InChI=1S/C16H25ClN2/c1-13-4-3-9-16(10-13,12-18)19(2)11-14-5-7-15(17)8-6-14/h5-8,13H,3-4,9-12,18H2,1-2H3. The van der Waals surface area contributed by atoms with Crippen LogP contribution in [0.5, 0.6) is 0 Å². The number of rotatable bonds is 4. The van der Waals surface area contributed by atoms with Crippen molar-refractivity contribution in [1.82, 2.24) is 4.90 Å². The fraction of sp³-hybridized carbons (Fsp3) is 0.625. The highest BCUT2D eigenvalue weighted by Gasteiger charge is 2.37. The molecule has 2 unspecified atom stereocenters. The van der Waals surface area contributed by atoms with E-state index in [4.69, 9.17) is 17.3 Å². The summed E-state index contributed by atoms with van der Waals surface area (Å²) in [5.41, 5.74) is 7.60. The van der Waals surface area contributed by atoms with Crippen LogP contribution in [-0.4, -0.2) is 24.0 Å². The summed E-state index contributed by atoms with van der Waals surface area (Å²) in [6.45, 7) is 4.04. The van der Waals surface area contributed by atoms with E-state index in [-0.39, 0.29) is 5.54 Å². The number of hydrogen-bond donors (Lipinski definition) is 1. The molecule has 0 bridgehead atoms. The van der Waals surface area contributed by atoms with E-state index < -0.39 is 0 Å². The van der Waals surface area contributed by atoms with Crippen molar-refractivity contribution in [2.45, 2.75) is 44.7 Å². The molecule has 2 rings (SSSR count). The molecule has 1 aromatic rings. The number of halogens is 1. The van der Waals surface area contributed by atoms with E-state index >= 15 is 0 Å². The van der Waals surface area contributed by atoms with Crippen LogP contribution in [0.25, 0.3) is 0 Å². The van der Waals surface area contributed by atoms with Gasteiger partial charge >= 0.3 is 0 Å². The first kappa shape index (κ1) is 14.8. The molecule has 19 heavy (non-hydrogen) atoms. The van der Waals surface area contributed by atoms with Gasteiger partial charge in [0.2, 0.25) is 0 Å². The van der Waals surface area contributed by atoms with Crippen molar-refractivity contribution in [2.24, 2.45) is 11.7 Å². The van der Waals surface area contributed by atoms with Crippen LogP contribution in [0.2, 0.25) is 5.02 Å². The van der Waals surface area contributed by atoms with Gasteiger partial charge in [-0.15, -0.1) is 0 Å². The zero-order valence-corrected chi connectivity index (χ0v) is 12.8. The first-order valence-electron chi connectivity index (χ1n) is 7.21. The number of nitrogens with two attached hydrogens (primary N) is 1. The minimum atomic E-state index is 0.178. The summed E-state index contributed by atoms with van der Waals surface area (Å²) in [6, 6.07) is 8.14. The molecule has 0 aromatic heterocycles. The van der Waals surface area contributed by atoms with Gasteiger partial charge in [-0.2, -0.15) is 0 Å². The Morgan fingerprint density at radius 1 is 1.37 bits per heavy atom. The van der Waals surface area contributed by atoms with Gasteiger partial charge in [0.05, 0.1) is 0 Å². The fourth-order valence-corrected chi connectivity index (χ4v) is 3.48. The Labute approximate surface area is 121 Å². The first-order valence-corrected chi connectivity index (χ1v) is 7.59. The van der Waals surface area contributed by atoms with E-state index in [1.807, 2.05) is 12.1 Å². The minimum absolute atomic E-state index is 0.178.